The summed E-state index contributed by atoms with van der Waals surface area (Å²) >= 11 is 1.47. The van der Waals surface area contributed by atoms with Gasteiger partial charge in [0.05, 0.1) is 32.8 Å². The van der Waals surface area contributed by atoms with E-state index in [4.69, 9.17) is 23.7 Å². The predicted molar refractivity (Wildman–Crippen MR) is 182 cm³/mol. The van der Waals surface area contributed by atoms with E-state index in [1.54, 1.807) is 0 Å². The maximum Gasteiger partial charge on any atom is 0.306 e. The summed E-state index contributed by atoms with van der Waals surface area (Å²) in [6, 6.07) is 37.8. The molecule has 0 amide bonds. The minimum absolute atomic E-state index is 0.0295. The van der Waals surface area contributed by atoms with Crippen molar-refractivity contribution in [3.63, 3.8) is 0 Å². The highest BCUT2D eigenvalue weighted by Crippen LogP contribution is 2.38. The van der Waals surface area contributed by atoms with Crippen molar-refractivity contribution in [1.82, 2.24) is 0 Å². The number of hydrogen-bond acceptors (Lipinski definition) is 8. The van der Waals surface area contributed by atoms with Crippen molar-refractivity contribution in [2.45, 2.75) is 81.3 Å². The van der Waals surface area contributed by atoms with Crippen molar-refractivity contribution >= 4 is 23.5 Å². The Bertz CT molecular complexity index is 1520. The van der Waals surface area contributed by atoms with Gasteiger partial charge in [-0.05, 0) is 42.7 Å². The van der Waals surface area contributed by atoms with Crippen LogP contribution < -0.4 is 0 Å². The van der Waals surface area contributed by atoms with Crippen LogP contribution in [0.5, 0.6) is 0 Å². The average molecular weight is 655 g/mol. The third-order valence-electron chi connectivity index (χ3n) is 7.78. The minimum Gasteiger partial charge on any atom is -0.456 e. The molecule has 8 heteroatoms. The SMILES string of the molecule is CC(=O)CCC(=O)O[C@@H]1C(Sc2ccc(C)cc2)O[C@@H](COCc2ccccc2)[C@@H](OCc2ccccc2)[C@H]1OCc1ccccc1. The van der Waals surface area contributed by atoms with Crippen molar-refractivity contribution in [3.05, 3.63) is 138 Å². The van der Waals surface area contributed by atoms with Gasteiger partial charge in [0.1, 0.15) is 29.5 Å². The molecule has 1 unspecified atom stereocenters. The highest BCUT2D eigenvalue weighted by atomic mass is 32.2. The molecule has 7 nitrogen and oxygen atoms in total. The molecule has 0 saturated carbocycles. The van der Waals surface area contributed by atoms with E-state index >= 15 is 0 Å². The number of carbonyl (C=O) groups is 2. The number of ether oxygens (including phenoxy) is 5. The monoisotopic (exact) mass is 654 g/mol. The highest BCUT2D eigenvalue weighted by Gasteiger charge is 2.50. The molecule has 0 N–H and O–H groups in total. The van der Waals surface area contributed by atoms with Crippen molar-refractivity contribution < 1.29 is 33.3 Å². The molecule has 246 valence electrons. The minimum atomic E-state index is -0.837. The summed E-state index contributed by atoms with van der Waals surface area (Å²) in [7, 11) is 0. The quantitative estimate of drug-likeness (QED) is 0.115. The second-order valence-corrected chi connectivity index (χ2v) is 12.8. The summed E-state index contributed by atoms with van der Waals surface area (Å²) < 4.78 is 32.5. The largest absolute Gasteiger partial charge is 0.456 e. The standard InChI is InChI=1S/C39H42O7S/c1-28-18-21-33(22-19-28)47-39-38(46-35(41)23-20-29(2)40)37(44-26-32-16-10-5-11-17-32)36(43-25-31-14-8-4-9-15-31)34(45-39)27-42-24-30-12-6-3-7-13-30/h3-19,21-22,34,36-39H,20,23-27H2,1-2H3/t34-,36+,37+,38-,39?/m0/s1. The fourth-order valence-electron chi connectivity index (χ4n) is 5.26. The van der Waals surface area contributed by atoms with E-state index in [-0.39, 0.29) is 31.8 Å². The normalized spacial score (nSPS) is 20.9. The number of esters is 1. The Balaban J connectivity index is 1.47. The smallest absolute Gasteiger partial charge is 0.306 e. The zero-order valence-corrected chi connectivity index (χ0v) is 27.7. The molecule has 5 rings (SSSR count). The van der Waals surface area contributed by atoms with Crippen molar-refractivity contribution in [2.75, 3.05) is 6.61 Å². The van der Waals surface area contributed by atoms with E-state index in [0.29, 0.717) is 13.2 Å². The molecule has 4 aromatic rings. The first-order valence-electron chi connectivity index (χ1n) is 15.9. The van der Waals surface area contributed by atoms with Gasteiger partial charge in [-0.15, -0.1) is 0 Å². The molecule has 1 saturated heterocycles. The number of hydrogen-bond donors (Lipinski definition) is 0. The average Bonchev–Trinajstić information content (AvgIpc) is 3.09. The number of aryl methyl sites for hydroxylation is 1. The van der Waals surface area contributed by atoms with Gasteiger partial charge < -0.3 is 28.5 Å². The fraction of sp³-hybridized carbons (Fsp3) is 0.333. The summed E-state index contributed by atoms with van der Waals surface area (Å²) in [5.74, 6) is -0.568. The van der Waals surface area contributed by atoms with Crippen LogP contribution in [-0.4, -0.2) is 48.2 Å². The van der Waals surface area contributed by atoms with Crippen LogP contribution >= 0.6 is 11.8 Å². The van der Waals surface area contributed by atoms with Crippen LogP contribution in [0.4, 0.5) is 0 Å². The molecule has 0 bridgehead atoms. The maximum atomic E-state index is 13.2. The van der Waals surface area contributed by atoms with Crippen molar-refractivity contribution in [3.8, 4) is 0 Å². The van der Waals surface area contributed by atoms with Gasteiger partial charge in [-0.3, -0.25) is 4.79 Å². The molecule has 5 atom stereocenters. The van der Waals surface area contributed by atoms with Gasteiger partial charge in [-0.1, -0.05) is 120 Å². The molecule has 1 heterocycles. The molecule has 4 aromatic carbocycles. The third-order valence-corrected chi connectivity index (χ3v) is 8.93. The number of ketones is 1. The molecule has 0 spiro atoms. The third kappa shape index (κ3) is 10.9. The lowest BCUT2D eigenvalue weighted by Crippen LogP contribution is -2.60. The highest BCUT2D eigenvalue weighted by molar-refractivity contribution is 7.99. The summed E-state index contributed by atoms with van der Waals surface area (Å²) in [5.41, 5.74) is 3.51. The van der Waals surface area contributed by atoms with Crippen LogP contribution in [0.25, 0.3) is 0 Å². The zero-order chi connectivity index (χ0) is 32.8. The van der Waals surface area contributed by atoms with Gasteiger partial charge in [0.15, 0.2) is 6.10 Å². The lowest BCUT2D eigenvalue weighted by atomic mass is 9.98. The van der Waals surface area contributed by atoms with Crippen LogP contribution in [0.15, 0.2) is 120 Å². The number of rotatable bonds is 16. The summed E-state index contributed by atoms with van der Waals surface area (Å²) in [6.45, 7) is 4.71. The summed E-state index contributed by atoms with van der Waals surface area (Å²) in [5, 5.41) is 0. The summed E-state index contributed by atoms with van der Waals surface area (Å²) in [4.78, 5) is 25.9. The maximum absolute atomic E-state index is 13.2. The molecule has 47 heavy (non-hydrogen) atoms. The van der Waals surface area contributed by atoms with Gasteiger partial charge in [0.2, 0.25) is 0 Å². The Morgan fingerprint density at radius 3 is 1.74 bits per heavy atom. The van der Waals surface area contributed by atoms with Crippen LogP contribution in [0.3, 0.4) is 0 Å². The Kier molecular flexibility index (Phi) is 13.2. The predicted octanol–water partition coefficient (Wildman–Crippen LogP) is 7.48. The van der Waals surface area contributed by atoms with Crippen molar-refractivity contribution in [2.24, 2.45) is 0 Å². The number of benzene rings is 4. The number of thioether (sulfide) groups is 1. The molecule has 1 aliphatic heterocycles. The topological polar surface area (TPSA) is 80.3 Å². The molecule has 1 aliphatic rings. The van der Waals surface area contributed by atoms with E-state index in [1.165, 1.54) is 18.7 Å². The Morgan fingerprint density at radius 2 is 1.19 bits per heavy atom. The fourth-order valence-corrected chi connectivity index (χ4v) is 6.37. The Morgan fingerprint density at radius 1 is 0.660 bits per heavy atom. The lowest BCUT2D eigenvalue weighted by Gasteiger charge is -2.45. The summed E-state index contributed by atoms with van der Waals surface area (Å²) in [6.07, 6.45) is -2.66. The van der Waals surface area contributed by atoms with E-state index in [9.17, 15) is 9.59 Å². The molecular weight excluding hydrogens is 612 g/mol. The lowest BCUT2D eigenvalue weighted by molar-refractivity contribution is -0.249. The first-order valence-corrected chi connectivity index (χ1v) is 16.8. The second-order valence-electron chi connectivity index (χ2n) is 11.7. The van der Waals surface area contributed by atoms with Crippen LogP contribution in [-0.2, 0) is 53.1 Å². The molecule has 0 radical (unpaired) electrons. The van der Waals surface area contributed by atoms with Gasteiger partial charge in [-0.2, -0.15) is 0 Å². The van der Waals surface area contributed by atoms with E-state index < -0.39 is 35.8 Å². The van der Waals surface area contributed by atoms with Gasteiger partial charge >= 0.3 is 5.97 Å². The van der Waals surface area contributed by atoms with Crippen molar-refractivity contribution in [1.29, 1.82) is 0 Å². The number of Topliss-reactive ketones (excluding diaryl/α,β-unsaturated/α-hetero) is 1. The first kappa shape index (κ1) is 34.5. The van der Waals surface area contributed by atoms with Crippen LogP contribution in [0, 0.1) is 6.92 Å². The molecule has 0 aromatic heterocycles. The van der Waals surface area contributed by atoms with E-state index in [0.717, 1.165) is 27.1 Å². The van der Waals surface area contributed by atoms with Gasteiger partial charge in [0, 0.05) is 11.3 Å². The molecular formula is C39H42O7S. The van der Waals surface area contributed by atoms with Gasteiger partial charge in [0.25, 0.3) is 0 Å². The second kappa shape index (κ2) is 17.9. The van der Waals surface area contributed by atoms with E-state index in [1.807, 2.05) is 122 Å². The Hall–Kier alpha value is -3.79. The molecule has 0 aliphatic carbocycles. The van der Waals surface area contributed by atoms with E-state index in [2.05, 4.69) is 0 Å². The van der Waals surface area contributed by atoms with Crippen LogP contribution in [0.1, 0.15) is 42.0 Å². The first-order chi connectivity index (χ1) is 22.9. The zero-order valence-electron chi connectivity index (χ0n) is 26.9. The van der Waals surface area contributed by atoms with Crippen LogP contribution in [0.2, 0.25) is 0 Å². The molecule has 1 fully saturated rings. The number of carbonyl (C=O) groups excluding carboxylic acids is 2. The Labute approximate surface area is 281 Å². The van der Waals surface area contributed by atoms with Gasteiger partial charge in [-0.25, -0.2) is 0 Å².